The van der Waals surface area contributed by atoms with Gasteiger partial charge in [0.05, 0.1) is 5.69 Å². The molecule has 0 unspecified atom stereocenters. The fourth-order valence-corrected chi connectivity index (χ4v) is 2.86. The van der Waals surface area contributed by atoms with E-state index in [1.807, 2.05) is 36.4 Å². The number of benzene rings is 2. The van der Waals surface area contributed by atoms with Crippen LogP contribution in [0, 0.1) is 0 Å². The zero-order valence-corrected chi connectivity index (χ0v) is 16.3. The van der Waals surface area contributed by atoms with E-state index < -0.39 is 0 Å². The summed E-state index contributed by atoms with van der Waals surface area (Å²) in [6.45, 7) is 14.1. The van der Waals surface area contributed by atoms with Crippen LogP contribution in [0.15, 0.2) is 42.5 Å². The fourth-order valence-electron chi connectivity index (χ4n) is 2.86. The predicted octanol–water partition coefficient (Wildman–Crippen LogP) is 5.67. The lowest BCUT2D eigenvalue weighted by Crippen LogP contribution is -2.25. The number of hydrogen-bond acceptors (Lipinski definition) is 2. The lowest BCUT2D eigenvalue weighted by molar-refractivity contribution is -0.115. The predicted molar refractivity (Wildman–Crippen MR) is 105 cm³/mol. The summed E-state index contributed by atoms with van der Waals surface area (Å²) in [5.74, 6) is 0.0342. The lowest BCUT2D eigenvalue weighted by Gasteiger charge is -2.31. The average Bonchev–Trinajstić information content (AvgIpc) is 2.47. The van der Waals surface area contributed by atoms with Crippen LogP contribution >= 0.6 is 0 Å². The molecule has 0 saturated carbocycles. The van der Waals surface area contributed by atoms with Gasteiger partial charge in [0.2, 0.25) is 5.91 Å². The number of amides is 1. The van der Waals surface area contributed by atoms with Crippen molar-refractivity contribution in [3.8, 4) is 5.75 Å². The number of phenolic OH excluding ortho intramolecular Hbond substituents is 1. The third kappa shape index (κ3) is 4.04. The van der Waals surface area contributed by atoms with Crippen molar-refractivity contribution in [2.45, 2.75) is 59.3 Å². The molecule has 2 aromatic carbocycles. The summed E-state index contributed by atoms with van der Waals surface area (Å²) in [6, 6.07) is 13.4. The van der Waals surface area contributed by atoms with Gasteiger partial charge in [-0.2, -0.15) is 0 Å². The number of rotatable bonds is 2. The molecule has 0 heterocycles. The molecule has 0 aliphatic carbocycles. The first-order valence-corrected chi connectivity index (χ1v) is 8.66. The van der Waals surface area contributed by atoms with Crippen LogP contribution in [0.2, 0.25) is 0 Å². The Morgan fingerprint density at radius 3 is 1.92 bits per heavy atom. The van der Waals surface area contributed by atoms with Crippen molar-refractivity contribution in [1.29, 1.82) is 0 Å². The molecule has 1 amide bonds. The number of hydrogen-bond donors (Lipinski definition) is 1. The highest BCUT2D eigenvalue weighted by molar-refractivity contribution is 6.00. The van der Waals surface area contributed by atoms with Crippen LogP contribution in [0.4, 0.5) is 11.4 Å². The summed E-state index contributed by atoms with van der Waals surface area (Å²) in [5, 5.41) is 11.0. The second-order valence-electron chi connectivity index (χ2n) is 8.58. The summed E-state index contributed by atoms with van der Waals surface area (Å²) >= 11 is 0. The second kappa shape index (κ2) is 6.55. The molecule has 0 spiro atoms. The van der Waals surface area contributed by atoms with Crippen molar-refractivity contribution in [1.82, 2.24) is 0 Å². The molecule has 25 heavy (non-hydrogen) atoms. The minimum Gasteiger partial charge on any atom is -0.505 e. The molecule has 0 atom stereocenters. The molecular weight excluding hydrogens is 310 g/mol. The number of carbonyl (C=O) groups is 1. The topological polar surface area (TPSA) is 40.5 Å². The van der Waals surface area contributed by atoms with Gasteiger partial charge >= 0.3 is 0 Å². The molecule has 3 nitrogen and oxygen atoms in total. The van der Waals surface area contributed by atoms with E-state index in [-0.39, 0.29) is 22.5 Å². The minimum absolute atomic E-state index is 0.0956. The fraction of sp³-hybridized carbons (Fsp3) is 0.409. The van der Waals surface area contributed by atoms with Crippen LogP contribution in [0.1, 0.15) is 59.6 Å². The normalized spacial score (nSPS) is 12.1. The molecule has 0 aromatic heterocycles. The van der Waals surface area contributed by atoms with E-state index in [2.05, 4.69) is 47.6 Å². The monoisotopic (exact) mass is 339 g/mol. The van der Waals surface area contributed by atoms with Crippen molar-refractivity contribution in [2.75, 3.05) is 4.90 Å². The molecule has 2 rings (SSSR count). The van der Waals surface area contributed by atoms with Gasteiger partial charge in [-0.25, -0.2) is 0 Å². The Morgan fingerprint density at radius 1 is 0.920 bits per heavy atom. The van der Waals surface area contributed by atoms with Crippen molar-refractivity contribution < 1.29 is 9.90 Å². The smallest absolute Gasteiger partial charge is 0.228 e. The Kier molecular flexibility index (Phi) is 4.99. The minimum atomic E-state index is -0.237. The summed E-state index contributed by atoms with van der Waals surface area (Å²) in [7, 11) is 0. The van der Waals surface area contributed by atoms with Gasteiger partial charge in [-0.1, -0.05) is 65.8 Å². The Morgan fingerprint density at radius 2 is 1.48 bits per heavy atom. The van der Waals surface area contributed by atoms with Crippen molar-refractivity contribution in [3.05, 3.63) is 53.6 Å². The standard InChI is InChI=1S/C22H29NO2/c1-15(24)23(17-11-9-8-10-12-17)19-14-16(21(2,3)4)13-18(20(19)25)22(5,6)7/h8-14,25H,1-7H3. The van der Waals surface area contributed by atoms with E-state index in [0.29, 0.717) is 5.69 Å². The first-order chi connectivity index (χ1) is 11.4. The molecule has 0 radical (unpaired) electrons. The van der Waals surface area contributed by atoms with E-state index in [4.69, 9.17) is 0 Å². The third-order valence-electron chi connectivity index (χ3n) is 4.33. The van der Waals surface area contributed by atoms with Gasteiger partial charge in [-0.05, 0) is 34.6 Å². The summed E-state index contributed by atoms with van der Waals surface area (Å²) < 4.78 is 0. The average molecular weight is 339 g/mol. The Labute approximate surface area is 151 Å². The van der Waals surface area contributed by atoms with Gasteiger partial charge in [0.15, 0.2) is 0 Å². The largest absolute Gasteiger partial charge is 0.505 e. The molecular formula is C22H29NO2. The molecule has 1 N–H and O–H groups in total. The number of nitrogens with zero attached hydrogens (tertiary/aromatic N) is 1. The first kappa shape index (κ1) is 19.0. The zero-order chi connectivity index (χ0) is 19.0. The highest BCUT2D eigenvalue weighted by atomic mass is 16.3. The van der Waals surface area contributed by atoms with Gasteiger partial charge in [0.25, 0.3) is 0 Å². The van der Waals surface area contributed by atoms with E-state index in [0.717, 1.165) is 16.8 Å². The van der Waals surface area contributed by atoms with E-state index >= 15 is 0 Å². The summed E-state index contributed by atoms with van der Waals surface area (Å²) in [6.07, 6.45) is 0. The van der Waals surface area contributed by atoms with Gasteiger partial charge in [0.1, 0.15) is 5.75 Å². The van der Waals surface area contributed by atoms with Crippen LogP contribution in [0.5, 0.6) is 5.75 Å². The molecule has 0 aliphatic rings. The van der Waals surface area contributed by atoms with Crippen LogP contribution in [-0.2, 0) is 15.6 Å². The molecule has 2 aromatic rings. The van der Waals surface area contributed by atoms with Crippen LogP contribution < -0.4 is 4.90 Å². The summed E-state index contributed by atoms with van der Waals surface area (Å²) in [5.41, 5.74) is 2.89. The van der Waals surface area contributed by atoms with Gasteiger partial charge in [-0.15, -0.1) is 0 Å². The zero-order valence-electron chi connectivity index (χ0n) is 16.3. The maximum atomic E-state index is 12.4. The highest BCUT2D eigenvalue weighted by Crippen LogP contribution is 2.43. The van der Waals surface area contributed by atoms with E-state index in [9.17, 15) is 9.90 Å². The van der Waals surface area contributed by atoms with E-state index in [1.165, 1.54) is 6.92 Å². The number of aromatic hydroxyl groups is 1. The molecule has 0 aliphatic heterocycles. The maximum Gasteiger partial charge on any atom is 0.228 e. The van der Waals surface area contributed by atoms with Gasteiger partial charge in [0, 0.05) is 18.2 Å². The van der Waals surface area contributed by atoms with Crippen LogP contribution in [0.25, 0.3) is 0 Å². The van der Waals surface area contributed by atoms with Gasteiger partial charge < -0.3 is 5.11 Å². The van der Waals surface area contributed by atoms with Gasteiger partial charge in [-0.3, -0.25) is 9.69 Å². The molecule has 134 valence electrons. The second-order valence-corrected chi connectivity index (χ2v) is 8.58. The SMILES string of the molecule is CC(=O)N(c1ccccc1)c1cc(C(C)(C)C)cc(C(C)(C)C)c1O. The van der Waals surface area contributed by atoms with Crippen LogP contribution in [-0.4, -0.2) is 11.0 Å². The number of carbonyl (C=O) groups excluding carboxylic acids is 1. The number of phenols is 1. The third-order valence-corrected chi connectivity index (χ3v) is 4.33. The molecule has 3 heteroatoms. The van der Waals surface area contributed by atoms with Crippen molar-refractivity contribution in [2.24, 2.45) is 0 Å². The summed E-state index contributed by atoms with van der Waals surface area (Å²) in [4.78, 5) is 14.0. The van der Waals surface area contributed by atoms with Crippen LogP contribution in [0.3, 0.4) is 0 Å². The maximum absolute atomic E-state index is 12.4. The molecule has 0 fully saturated rings. The van der Waals surface area contributed by atoms with Crippen molar-refractivity contribution in [3.63, 3.8) is 0 Å². The number of para-hydroxylation sites is 1. The van der Waals surface area contributed by atoms with Crippen molar-refractivity contribution >= 4 is 17.3 Å². The number of anilines is 2. The molecule has 0 saturated heterocycles. The Balaban J connectivity index is 2.80. The van der Waals surface area contributed by atoms with E-state index in [1.54, 1.807) is 4.90 Å². The molecule has 0 bridgehead atoms. The Bertz CT molecular complexity index is 765. The highest BCUT2D eigenvalue weighted by Gasteiger charge is 2.28. The lowest BCUT2D eigenvalue weighted by atomic mass is 9.79. The first-order valence-electron chi connectivity index (χ1n) is 8.66. The Hall–Kier alpha value is -2.29. The quantitative estimate of drug-likeness (QED) is 0.765.